The van der Waals surface area contributed by atoms with Gasteiger partial charge in [0.25, 0.3) is 0 Å². The summed E-state index contributed by atoms with van der Waals surface area (Å²) in [5.41, 5.74) is 2.03. The Balaban J connectivity index is 1.92. The third-order valence-corrected chi connectivity index (χ3v) is 4.45. The van der Waals surface area contributed by atoms with E-state index in [1.54, 1.807) is 24.5 Å². The first-order chi connectivity index (χ1) is 12.5. The average Bonchev–Trinajstić information content (AvgIpc) is 3.03. The molecule has 3 heterocycles. The van der Waals surface area contributed by atoms with E-state index in [0.717, 1.165) is 31.9 Å². The molecule has 4 rings (SSSR count). The van der Waals surface area contributed by atoms with Crippen molar-refractivity contribution in [1.82, 2.24) is 19.9 Å². The van der Waals surface area contributed by atoms with E-state index in [4.69, 9.17) is 0 Å². The van der Waals surface area contributed by atoms with Crippen molar-refractivity contribution in [1.29, 1.82) is 0 Å². The zero-order valence-corrected chi connectivity index (χ0v) is 14.0. The first-order valence-corrected chi connectivity index (χ1v) is 8.46. The van der Waals surface area contributed by atoms with Crippen molar-refractivity contribution in [3.05, 3.63) is 48.3 Å². The molecule has 1 aliphatic rings. The number of pyridine rings is 1. The van der Waals surface area contributed by atoms with Crippen molar-refractivity contribution in [2.45, 2.75) is 12.6 Å². The number of imidazole rings is 1. The average molecular weight is 361 g/mol. The van der Waals surface area contributed by atoms with Crippen molar-refractivity contribution >= 4 is 17.0 Å². The fourth-order valence-electron chi connectivity index (χ4n) is 3.32. The molecule has 5 nitrogen and oxygen atoms in total. The minimum Gasteiger partial charge on any atom is -0.339 e. The normalized spacial score (nSPS) is 15.6. The number of aromatic nitrogens is 3. The number of piperazine rings is 1. The molecule has 2 aromatic heterocycles. The monoisotopic (exact) mass is 361 g/mol. The highest BCUT2D eigenvalue weighted by Gasteiger charge is 2.30. The molecular weight excluding hydrogens is 343 g/mol. The number of anilines is 1. The second kappa shape index (κ2) is 6.60. The van der Waals surface area contributed by atoms with Crippen molar-refractivity contribution in [2.75, 3.05) is 31.1 Å². The zero-order chi connectivity index (χ0) is 18.1. The molecule has 0 unspecified atom stereocenters. The van der Waals surface area contributed by atoms with Gasteiger partial charge in [0.15, 0.2) is 0 Å². The molecule has 0 bridgehead atoms. The molecule has 0 saturated carbocycles. The minimum absolute atomic E-state index is 0.189. The predicted octanol–water partition coefficient (Wildman–Crippen LogP) is 2.93. The molecule has 0 aliphatic carbocycles. The van der Waals surface area contributed by atoms with Gasteiger partial charge in [0, 0.05) is 32.4 Å². The number of hydrogen-bond acceptors (Lipinski definition) is 4. The Morgan fingerprint density at radius 2 is 1.88 bits per heavy atom. The van der Waals surface area contributed by atoms with Crippen LogP contribution in [0.4, 0.5) is 19.1 Å². The van der Waals surface area contributed by atoms with Crippen LogP contribution >= 0.6 is 0 Å². The molecular formula is C18H18F3N5. The van der Waals surface area contributed by atoms with Crippen LogP contribution in [0.15, 0.2) is 42.7 Å². The van der Waals surface area contributed by atoms with Crippen molar-refractivity contribution < 1.29 is 13.2 Å². The van der Waals surface area contributed by atoms with Gasteiger partial charge in [-0.15, -0.1) is 0 Å². The smallest absolute Gasteiger partial charge is 0.339 e. The third-order valence-electron chi connectivity index (χ3n) is 4.45. The summed E-state index contributed by atoms with van der Waals surface area (Å²) >= 11 is 0. The van der Waals surface area contributed by atoms with Crippen molar-refractivity contribution in [2.24, 2.45) is 0 Å². The van der Waals surface area contributed by atoms with E-state index in [-0.39, 0.29) is 5.56 Å². The second-order valence-electron chi connectivity index (χ2n) is 6.27. The molecule has 1 saturated heterocycles. The largest absolute Gasteiger partial charge is 0.393 e. The van der Waals surface area contributed by atoms with Crippen LogP contribution in [0.1, 0.15) is 5.56 Å². The zero-order valence-electron chi connectivity index (χ0n) is 14.0. The number of alkyl halides is 3. The summed E-state index contributed by atoms with van der Waals surface area (Å²) in [7, 11) is 0. The Kier molecular flexibility index (Phi) is 4.28. The summed E-state index contributed by atoms with van der Waals surface area (Å²) < 4.78 is 40.9. The predicted molar refractivity (Wildman–Crippen MR) is 93.7 cm³/mol. The number of hydrogen-bond donors (Lipinski definition) is 1. The van der Waals surface area contributed by atoms with Crippen LogP contribution in [-0.4, -0.2) is 46.9 Å². The van der Waals surface area contributed by atoms with Crippen molar-refractivity contribution in [3.63, 3.8) is 0 Å². The van der Waals surface area contributed by atoms with E-state index in [2.05, 4.69) is 20.2 Å². The van der Waals surface area contributed by atoms with E-state index in [9.17, 15) is 13.2 Å². The number of halogens is 3. The molecule has 0 radical (unpaired) electrons. The lowest BCUT2D eigenvalue weighted by atomic mass is 10.1. The fraction of sp³-hybridized carbons (Fsp3) is 0.333. The van der Waals surface area contributed by atoms with Crippen LogP contribution < -0.4 is 10.2 Å². The SMILES string of the molecule is FC(F)(F)Cc1cccc2c1nc(N1CCNCC1)n2-c1cccnc1. The Hall–Kier alpha value is -2.61. The van der Waals surface area contributed by atoms with Gasteiger partial charge < -0.3 is 10.2 Å². The summed E-state index contributed by atoms with van der Waals surface area (Å²) in [6.45, 7) is 3.12. The lowest BCUT2D eigenvalue weighted by Gasteiger charge is -2.28. The maximum absolute atomic E-state index is 13.0. The van der Waals surface area contributed by atoms with E-state index in [1.165, 1.54) is 6.07 Å². The minimum atomic E-state index is -4.28. The molecule has 0 atom stereocenters. The Bertz CT molecular complexity index is 898. The van der Waals surface area contributed by atoms with E-state index < -0.39 is 12.6 Å². The van der Waals surface area contributed by atoms with Crippen LogP contribution in [0.3, 0.4) is 0 Å². The first-order valence-electron chi connectivity index (χ1n) is 8.46. The Morgan fingerprint density at radius 3 is 2.58 bits per heavy atom. The summed E-state index contributed by atoms with van der Waals surface area (Å²) in [6.07, 6.45) is -1.90. The molecule has 1 fully saturated rings. The number of nitrogens with zero attached hydrogens (tertiary/aromatic N) is 4. The molecule has 0 spiro atoms. The van der Waals surface area contributed by atoms with Gasteiger partial charge in [-0.2, -0.15) is 13.2 Å². The Labute approximate surface area is 148 Å². The highest BCUT2D eigenvalue weighted by Crippen LogP contribution is 2.32. The first kappa shape index (κ1) is 16.8. The molecule has 1 aromatic carbocycles. The number of para-hydroxylation sites is 1. The highest BCUT2D eigenvalue weighted by molar-refractivity contribution is 5.84. The number of benzene rings is 1. The molecule has 1 aliphatic heterocycles. The summed E-state index contributed by atoms with van der Waals surface area (Å²) in [5, 5.41) is 3.28. The fourth-order valence-corrected chi connectivity index (χ4v) is 3.32. The van der Waals surface area contributed by atoms with Gasteiger partial charge in [0.2, 0.25) is 5.95 Å². The van der Waals surface area contributed by atoms with Gasteiger partial charge in [0.05, 0.1) is 29.3 Å². The molecule has 8 heteroatoms. The topological polar surface area (TPSA) is 46.0 Å². The second-order valence-corrected chi connectivity index (χ2v) is 6.27. The summed E-state index contributed by atoms with van der Waals surface area (Å²) in [4.78, 5) is 10.9. The molecule has 3 aromatic rings. The van der Waals surface area contributed by atoms with Crippen LogP contribution in [-0.2, 0) is 6.42 Å². The number of rotatable bonds is 3. The van der Waals surface area contributed by atoms with Crippen LogP contribution in [0.5, 0.6) is 0 Å². The van der Waals surface area contributed by atoms with Crippen LogP contribution in [0.2, 0.25) is 0 Å². The maximum atomic E-state index is 13.0. The van der Waals surface area contributed by atoms with E-state index in [0.29, 0.717) is 17.0 Å². The lowest BCUT2D eigenvalue weighted by molar-refractivity contribution is -0.127. The van der Waals surface area contributed by atoms with Crippen LogP contribution in [0, 0.1) is 0 Å². The third kappa shape index (κ3) is 3.24. The molecule has 136 valence electrons. The quantitative estimate of drug-likeness (QED) is 0.779. The summed E-state index contributed by atoms with van der Waals surface area (Å²) in [5.74, 6) is 0.657. The molecule has 1 N–H and O–H groups in total. The standard InChI is InChI=1S/C18H18F3N5/c19-18(20,21)11-13-3-1-5-15-16(13)24-17(25-9-7-22-8-10-25)26(15)14-4-2-6-23-12-14/h1-6,12,22H,7-11H2. The number of nitrogens with one attached hydrogen (secondary N) is 1. The number of fused-ring (bicyclic) bond motifs is 1. The van der Waals surface area contributed by atoms with Gasteiger partial charge in [-0.1, -0.05) is 12.1 Å². The van der Waals surface area contributed by atoms with Gasteiger partial charge >= 0.3 is 6.18 Å². The van der Waals surface area contributed by atoms with Gasteiger partial charge in [0.1, 0.15) is 0 Å². The lowest BCUT2D eigenvalue weighted by Crippen LogP contribution is -2.44. The van der Waals surface area contributed by atoms with Gasteiger partial charge in [-0.25, -0.2) is 4.98 Å². The van der Waals surface area contributed by atoms with Gasteiger partial charge in [-0.05, 0) is 23.8 Å². The maximum Gasteiger partial charge on any atom is 0.393 e. The van der Waals surface area contributed by atoms with E-state index in [1.807, 2.05) is 16.7 Å². The van der Waals surface area contributed by atoms with E-state index >= 15 is 0 Å². The van der Waals surface area contributed by atoms with Crippen molar-refractivity contribution in [3.8, 4) is 5.69 Å². The highest BCUT2D eigenvalue weighted by atomic mass is 19.4. The molecule has 0 amide bonds. The van der Waals surface area contributed by atoms with Gasteiger partial charge in [-0.3, -0.25) is 9.55 Å². The molecule has 26 heavy (non-hydrogen) atoms. The Morgan fingerprint density at radius 1 is 1.08 bits per heavy atom. The van der Waals surface area contributed by atoms with Crippen LogP contribution in [0.25, 0.3) is 16.7 Å². The summed E-state index contributed by atoms with van der Waals surface area (Å²) in [6, 6.07) is 8.65.